The Morgan fingerprint density at radius 1 is 1.35 bits per heavy atom. The van der Waals surface area contributed by atoms with Crippen molar-refractivity contribution in [3.8, 4) is 0 Å². The molecule has 0 bridgehead atoms. The van der Waals surface area contributed by atoms with Crippen LogP contribution in [0.2, 0.25) is 0 Å². The van der Waals surface area contributed by atoms with Crippen LogP contribution in [0.25, 0.3) is 0 Å². The highest BCUT2D eigenvalue weighted by molar-refractivity contribution is 5.97. The van der Waals surface area contributed by atoms with E-state index in [9.17, 15) is 4.79 Å². The Hall–Kier alpha value is -1.15. The smallest absolute Gasteiger partial charge is 0.176 e. The predicted molar refractivity (Wildman–Crippen MR) is 70.4 cm³/mol. The predicted octanol–water partition coefficient (Wildman–Crippen LogP) is 3.05. The zero-order chi connectivity index (χ0) is 12.3. The number of likely N-dealkylation sites (N-methyl/N-ethyl adjacent to an activating group) is 1. The number of ketones is 1. The average Bonchev–Trinajstić information content (AvgIpc) is 2.82. The lowest BCUT2D eigenvalue weighted by molar-refractivity contribution is 0.0921. The zero-order valence-corrected chi connectivity index (χ0v) is 10.8. The molecule has 0 heterocycles. The molecule has 1 fully saturated rings. The van der Waals surface area contributed by atoms with Gasteiger partial charge in [0.25, 0.3) is 0 Å². The van der Waals surface area contributed by atoms with E-state index in [2.05, 4.69) is 11.9 Å². The Balaban J connectivity index is 1.96. The molecule has 1 saturated carbocycles. The minimum atomic E-state index is 0.239. The Morgan fingerprint density at radius 2 is 2.06 bits per heavy atom. The number of rotatable bonds is 4. The molecular weight excluding hydrogens is 210 g/mol. The molecule has 1 aliphatic carbocycles. The van der Waals surface area contributed by atoms with Crippen LogP contribution < -0.4 is 0 Å². The van der Waals surface area contributed by atoms with Crippen LogP contribution in [-0.2, 0) is 0 Å². The minimum absolute atomic E-state index is 0.239. The lowest BCUT2D eigenvalue weighted by Gasteiger charge is -2.23. The largest absolute Gasteiger partial charge is 0.296 e. The number of hydrogen-bond donors (Lipinski definition) is 0. The van der Waals surface area contributed by atoms with Gasteiger partial charge in [0.2, 0.25) is 0 Å². The molecule has 1 aliphatic rings. The normalized spacial score (nSPS) is 16.6. The van der Waals surface area contributed by atoms with Crippen molar-refractivity contribution in [1.29, 1.82) is 0 Å². The Morgan fingerprint density at radius 3 is 2.71 bits per heavy atom. The summed E-state index contributed by atoms with van der Waals surface area (Å²) >= 11 is 0. The van der Waals surface area contributed by atoms with E-state index >= 15 is 0 Å². The molecule has 92 valence electrons. The van der Waals surface area contributed by atoms with E-state index in [1.54, 1.807) is 0 Å². The molecular formula is C15H21NO. The third-order valence-corrected chi connectivity index (χ3v) is 3.68. The van der Waals surface area contributed by atoms with Crippen molar-refractivity contribution in [3.63, 3.8) is 0 Å². The van der Waals surface area contributed by atoms with Gasteiger partial charge in [0, 0.05) is 11.6 Å². The molecule has 0 aromatic heterocycles. The summed E-state index contributed by atoms with van der Waals surface area (Å²) in [4.78, 5) is 14.3. The lowest BCUT2D eigenvalue weighted by Crippen LogP contribution is -2.34. The van der Waals surface area contributed by atoms with Gasteiger partial charge in [-0.1, -0.05) is 36.6 Å². The molecule has 0 radical (unpaired) electrons. The second kappa shape index (κ2) is 5.46. The standard InChI is InChI=1S/C15H21NO/c1-12-6-5-7-13(10-12)15(17)11-16(2)14-8-3-4-9-14/h5-7,10,14H,3-4,8-9,11H2,1-2H3. The van der Waals surface area contributed by atoms with Gasteiger partial charge < -0.3 is 0 Å². The topological polar surface area (TPSA) is 20.3 Å². The summed E-state index contributed by atoms with van der Waals surface area (Å²) in [5.41, 5.74) is 1.99. The Labute approximate surface area is 104 Å². The van der Waals surface area contributed by atoms with Gasteiger partial charge in [-0.3, -0.25) is 9.69 Å². The summed E-state index contributed by atoms with van der Waals surface area (Å²) in [5.74, 6) is 0.239. The monoisotopic (exact) mass is 231 g/mol. The van der Waals surface area contributed by atoms with Gasteiger partial charge in [-0.05, 0) is 32.9 Å². The van der Waals surface area contributed by atoms with Gasteiger partial charge >= 0.3 is 0 Å². The average molecular weight is 231 g/mol. The van der Waals surface area contributed by atoms with Gasteiger partial charge in [0.05, 0.1) is 6.54 Å². The molecule has 1 aromatic carbocycles. The summed E-state index contributed by atoms with van der Waals surface area (Å²) in [6.07, 6.45) is 5.12. The van der Waals surface area contributed by atoms with Crippen molar-refractivity contribution in [2.24, 2.45) is 0 Å². The second-order valence-corrected chi connectivity index (χ2v) is 5.15. The van der Waals surface area contributed by atoms with Gasteiger partial charge in [0.15, 0.2) is 5.78 Å². The van der Waals surface area contributed by atoms with E-state index < -0.39 is 0 Å². The van der Waals surface area contributed by atoms with E-state index in [4.69, 9.17) is 0 Å². The van der Waals surface area contributed by atoms with Crippen molar-refractivity contribution in [1.82, 2.24) is 4.90 Å². The van der Waals surface area contributed by atoms with Crippen LogP contribution >= 0.6 is 0 Å². The van der Waals surface area contributed by atoms with Crippen molar-refractivity contribution >= 4 is 5.78 Å². The van der Waals surface area contributed by atoms with E-state index in [-0.39, 0.29) is 5.78 Å². The highest BCUT2D eigenvalue weighted by Crippen LogP contribution is 2.22. The second-order valence-electron chi connectivity index (χ2n) is 5.15. The summed E-state index contributed by atoms with van der Waals surface area (Å²) in [6, 6.07) is 8.49. The first kappa shape index (κ1) is 12.3. The first-order valence-corrected chi connectivity index (χ1v) is 6.47. The minimum Gasteiger partial charge on any atom is -0.296 e. The van der Waals surface area contributed by atoms with Crippen LogP contribution in [0.15, 0.2) is 24.3 Å². The van der Waals surface area contributed by atoms with E-state index in [1.165, 1.54) is 25.7 Å². The van der Waals surface area contributed by atoms with Crippen LogP contribution in [-0.4, -0.2) is 30.3 Å². The quantitative estimate of drug-likeness (QED) is 0.742. The van der Waals surface area contributed by atoms with Crippen LogP contribution in [0.4, 0.5) is 0 Å². The van der Waals surface area contributed by atoms with Crippen LogP contribution in [0.3, 0.4) is 0 Å². The summed E-state index contributed by atoms with van der Waals surface area (Å²) < 4.78 is 0. The third-order valence-electron chi connectivity index (χ3n) is 3.68. The van der Waals surface area contributed by atoms with Crippen LogP contribution in [0.5, 0.6) is 0 Å². The molecule has 1 aromatic rings. The number of carbonyl (C=O) groups is 1. The van der Waals surface area contributed by atoms with Crippen LogP contribution in [0.1, 0.15) is 41.6 Å². The van der Waals surface area contributed by atoms with Crippen molar-refractivity contribution < 1.29 is 4.79 Å². The molecule has 0 amide bonds. The Bertz CT molecular complexity index is 394. The number of aryl methyl sites for hydroxylation is 1. The Kier molecular flexibility index (Phi) is 3.95. The molecule has 0 spiro atoms. The molecule has 0 atom stereocenters. The first-order chi connectivity index (χ1) is 8.16. The molecule has 0 saturated heterocycles. The van der Waals surface area contributed by atoms with E-state index in [0.29, 0.717) is 12.6 Å². The molecule has 2 heteroatoms. The third kappa shape index (κ3) is 3.16. The van der Waals surface area contributed by atoms with Gasteiger partial charge in [-0.25, -0.2) is 0 Å². The molecule has 2 rings (SSSR count). The summed E-state index contributed by atoms with van der Waals surface area (Å²) in [6.45, 7) is 2.57. The molecule has 0 aliphatic heterocycles. The van der Waals surface area contributed by atoms with Gasteiger partial charge in [0.1, 0.15) is 0 Å². The van der Waals surface area contributed by atoms with Gasteiger partial charge in [-0.15, -0.1) is 0 Å². The maximum absolute atomic E-state index is 12.1. The number of nitrogens with zero attached hydrogens (tertiary/aromatic N) is 1. The highest BCUT2D eigenvalue weighted by atomic mass is 16.1. The van der Waals surface area contributed by atoms with E-state index in [1.807, 2.05) is 31.2 Å². The zero-order valence-electron chi connectivity index (χ0n) is 10.8. The van der Waals surface area contributed by atoms with E-state index in [0.717, 1.165) is 11.1 Å². The van der Waals surface area contributed by atoms with Crippen LogP contribution in [0, 0.1) is 6.92 Å². The molecule has 17 heavy (non-hydrogen) atoms. The summed E-state index contributed by atoms with van der Waals surface area (Å²) in [7, 11) is 2.07. The van der Waals surface area contributed by atoms with Crippen molar-refractivity contribution in [3.05, 3.63) is 35.4 Å². The highest BCUT2D eigenvalue weighted by Gasteiger charge is 2.21. The number of Topliss-reactive ketones (excluding diaryl/α,β-unsaturated/α-hetero) is 1. The maximum Gasteiger partial charge on any atom is 0.176 e. The molecule has 0 N–H and O–H groups in total. The number of carbonyl (C=O) groups excluding carboxylic acids is 1. The van der Waals surface area contributed by atoms with Crippen molar-refractivity contribution in [2.75, 3.05) is 13.6 Å². The van der Waals surface area contributed by atoms with Crippen molar-refractivity contribution in [2.45, 2.75) is 38.6 Å². The fourth-order valence-electron chi connectivity index (χ4n) is 2.61. The SMILES string of the molecule is Cc1cccc(C(=O)CN(C)C2CCCC2)c1. The first-order valence-electron chi connectivity index (χ1n) is 6.47. The molecule has 0 unspecified atom stereocenters. The number of hydrogen-bond acceptors (Lipinski definition) is 2. The maximum atomic E-state index is 12.1. The lowest BCUT2D eigenvalue weighted by atomic mass is 10.1. The summed E-state index contributed by atoms with van der Waals surface area (Å²) in [5, 5.41) is 0. The fourth-order valence-corrected chi connectivity index (χ4v) is 2.61. The fraction of sp³-hybridized carbons (Fsp3) is 0.533. The number of benzene rings is 1. The molecule has 2 nitrogen and oxygen atoms in total. The van der Waals surface area contributed by atoms with Gasteiger partial charge in [-0.2, -0.15) is 0 Å².